The number of aromatic hydroxyl groups is 1. The second-order valence-corrected chi connectivity index (χ2v) is 8.94. The third-order valence-corrected chi connectivity index (χ3v) is 6.57. The Balaban J connectivity index is 1.72. The maximum atomic E-state index is 13.9. The lowest BCUT2D eigenvalue weighted by Crippen LogP contribution is -2.22. The minimum absolute atomic E-state index is 0.0499. The van der Waals surface area contributed by atoms with Gasteiger partial charge in [0, 0.05) is 10.9 Å². The number of ether oxygens (including phenoxy) is 1. The van der Waals surface area contributed by atoms with Crippen molar-refractivity contribution in [3.05, 3.63) is 110 Å². The molecule has 38 heavy (non-hydrogen) atoms. The molecule has 0 amide bonds. The van der Waals surface area contributed by atoms with Crippen LogP contribution in [0, 0.1) is 4.77 Å². The lowest BCUT2D eigenvalue weighted by Gasteiger charge is -2.14. The maximum Gasteiger partial charge on any atom is 0.345 e. The van der Waals surface area contributed by atoms with Gasteiger partial charge in [0.1, 0.15) is 11.2 Å². The van der Waals surface area contributed by atoms with E-state index in [9.17, 15) is 14.7 Å². The smallest absolute Gasteiger partial charge is 0.345 e. The summed E-state index contributed by atoms with van der Waals surface area (Å²) in [6.45, 7) is 0. The highest BCUT2D eigenvalue weighted by Gasteiger charge is 2.19. The number of phenols is 1. The van der Waals surface area contributed by atoms with E-state index in [-0.39, 0.29) is 38.4 Å². The number of phenolic OH excluding ortho intramolecular Hbond substituents is 1. The summed E-state index contributed by atoms with van der Waals surface area (Å²) >= 11 is 5.55. The van der Waals surface area contributed by atoms with Gasteiger partial charge in [-0.2, -0.15) is 0 Å². The number of methoxy groups -OCH3 is 1. The van der Waals surface area contributed by atoms with Crippen molar-refractivity contribution in [1.29, 1.82) is 0 Å². The van der Waals surface area contributed by atoms with Crippen LogP contribution in [0.15, 0.2) is 98.9 Å². The molecular formula is C29H19N3O5S. The van der Waals surface area contributed by atoms with Crippen molar-refractivity contribution >= 4 is 34.2 Å². The van der Waals surface area contributed by atoms with E-state index in [1.54, 1.807) is 48.5 Å². The number of benzene rings is 3. The molecule has 0 aliphatic carbocycles. The average Bonchev–Trinajstić information content (AvgIpc) is 2.93. The molecule has 0 radical (unpaired) electrons. The van der Waals surface area contributed by atoms with Crippen LogP contribution in [0.25, 0.3) is 50.1 Å². The molecular weight excluding hydrogens is 502 g/mol. The molecule has 3 aromatic carbocycles. The molecule has 0 atom stereocenters. The molecule has 0 aliphatic rings. The molecule has 0 saturated carbocycles. The molecule has 8 nitrogen and oxygen atoms in total. The van der Waals surface area contributed by atoms with E-state index >= 15 is 0 Å². The predicted molar refractivity (Wildman–Crippen MR) is 148 cm³/mol. The van der Waals surface area contributed by atoms with Gasteiger partial charge in [0.25, 0.3) is 5.56 Å². The normalized spacial score (nSPS) is 11.2. The van der Waals surface area contributed by atoms with Crippen LogP contribution in [-0.2, 0) is 0 Å². The van der Waals surface area contributed by atoms with Crippen molar-refractivity contribution in [2.45, 2.75) is 0 Å². The summed E-state index contributed by atoms with van der Waals surface area (Å²) < 4.78 is 12.4. The van der Waals surface area contributed by atoms with Gasteiger partial charge in [0.15, 0.2) is 16.3 Å². The van der Waals surface area contributed by atoms with Gasteiger partial charge < -0.3 is 19.2 Å². The van der Waals surface area contributed by atoms with Gasteiger partial charge in [-0.05, 0) is 60.2 Å². The van der Waals surface area contributed by atoms with E-state index < -0.39 is 5.63 Å². The number of aromatic amines is 1. The first-order chi connectivity index (χ1) is 18.4. The first kappa shape index (κ1) is 23.4. The van der Waals surface area contributed by atoms with Crippen LogP contribution < -0.4 is 15.9 Å². The first-order valence-corrected chi connectivity index (χ1v) is 12.0. The monoisotopic (exact) mass is 521 g/mol. The Hall–Kier alpha value is -5.02. The molecule has 0 bridgehead atoms. The predicted octanol–water partition coefficient (Wildman–Crippen LogP) is 5.60. The van der Waals surface area contributed by atoms with Crippen LogP contribution in [-0.4, -0.2) is 26.8 Å². The summed E-state index contributed by atoms with van der Waals surface area (Å²) in [7, 11) is 1.44. The Bertz CT molecular complexity index is 2050. The van der Waals surface area contributed by atoms with Gasteiger partial charge in [-0.25, -0.2) is 9.78 Å². The van der Waals surface area contributed by atoms with E-state index in [0.29, 0.717) is 28.1 Å². The minimum atomic E-state index is -0.569. The standard InChI is InChI=1S/C29H19N3O5S/c1-36-24-14-16(11-12-22(24)33)19-15-21(20-13-17-7-5-6-10-23(17)37-28(20)35)30-26-25(19)27(34)32(29(38)31-26)18-8-3-2-4-9-18/h2-15,33H,1H3,(H,30,31,38). The zero-order valence-electron chi connectivity index (χ0n) is 20.0. The highest BCUT2D eigenvalue weighted by molar-refractivity contribution is 7.71. The van der Waals surface area contributed by atoms with Crippen LogP contribution in [0.4, 0.5) is 0 Å². The summed E-state index contributed by atoms with van der Waals surface area (Å²) in [6, 6.07) is 24.3. The van der Waals surface area contributed by atoms with E-state index in [2.05, 4.69) is 9.97 Å². The molecule has 9 heteroatoms. The highest BCUT2D eigenvalue weighted by atomic mass is 32.1. The fourth-order valence-corrected chi connectivity index (χ4v) is 4.76. The number of rotatable bonds is 4. The lowest BCUT2D eigenvalue weighted by molar-refractivity contribution is 0.373. The lowest BCUT2D eigenvalue weighted by atomic mass is 9.99. The van der Waals surface area contributed by atoms with E-state index in [1.165, 1.54) is 17.7 Å². The van der Waals surface area contributed by atoms with Crippen LogP contribution in [0.3, 0.4) is 0 Å². The molecule has 0 aliphatic heterocycles. The van der Waals surface area contributed by atoms with Crippen LogP contribution in [0.5, 0.6) is 11.5 Å². The van der Waals surface area contributed by atoms with Crippen LogP contribution >= 0.6 is 12.2 Å². The maximum absolute atomic E-state index is 13.9. The third-order valence-electron chi connectivity index (χ3n) is 6.29. The molecule has 0 spiro atoms. The number of pyridine rings is 1. The number of nitrogens with one attached hydrogen (secondary N) is 1. The van der Waals surface area contributed by atoms with Gasteiger partial charge in [-0.3, -0.25) is 9.36 Å². The zero-order valence-corrected chi connectivity index (χ0v) is 20.8. The van der Waals surface area contributed by atoms with E-state index in [0.717, 1.165) is 5.39 Å². The first-order valence-electron chi connectivity index (χ1n) is 11.6. The van der Waals surface area contributed by atoms with Crippen LogP contribution in [0.2, 0.25) is 0 Å². The number of aromatic nitrogens is 3. The number of hydrogen-bond acceptors (Lipinski definition) is 7. The molecule has 186 valence electrons. The molecule has 0 saturated heterocycles. The summed E-state index contributed by atoms with van der Waals surface area (Å²) in [4.78, 5) is 34.6. The topological polar surface area (TPSA) is 110 Å². The molecule has 3 aromatic heterocycles. The second kappa shape index (κ2) is 9.13. The van der Waals surface area contributed by atoms with Gasteiger partial charge in [-0.15, -0.1) is 0 Å². The third kappa shape index (κ3) is 3.86. The van der Waals surface area contributed by atoms with E-state index in [1.807, 2.05) is 30.3 Å². The minimum Gasteiger partial charge on any atom is -0.504 e. The Morgan fingerprint density at radius 2 is 1.71 bits per heavy atom. The number of nitrogens with zero attached hydrogens (tertiary/aromatic N) is 2. The van der Waals surface area contributed by atoms with Gasteiger partial charge in [-0.1, -0.05) is 42.5 Å². The molecule has 2 N–H and O–H groups in total. The quantitative estimate of drug-likeness (QED) is 0.230. The van der Waals surface area contributed by atoms with Crippen molar-refractivity contribution in [1.82, 2.24) is 14.5 Å². The average molecular weight is 522 g/mol. The SMILES string of the molecule is COc1cc(-c2cc(-c3cc4ccccc4oc3=O)nc3[nH]c(=S)n(-c4ccccc4)c(=O)c23)ccc1O. The number of H-pyrrole nitrogens is 1. The van der Waals surface area contributed by atoms with Gasteiger partial charge in [0.2, 0.25) is 0 Å². The summed E-state index contributed by atoms with van der Waals surface area (Å²) in [5.41, 5.74) is 1.86. The molecule has 0 fully saturated rings. The second-order valence-electron chi connectivity index (χ2n) is 8.56. The van der Waals surface area contributed by atoms with Gasteiger partial charge >= 0.3 is 5.63 Å². The van der Waals surface area contributed by atoms with E-state index in [4.69, 9.17) is 21.4 Å². The Morgan fingerprint density at radius 3 is 2.50 bits per heavy atom. The van der Waals surface area contributed by atoms with Crippen molar-refractivity contribution in [3.63, 3.8) is 0 Å². The van der Waals surface area contributed by atoms with Crippen molar-refractivity contribution in [3.8, 4) is 39.6 Å². The Kier molecular flexibility index (Phi) is 5.62. The fraction of sp³-hybridized carbons (Fsp3) is 0.0345. The van der Waals surface area contributed by atoms with Crippen LogP contribution in [0.1, 0.15) is 0 Å². The van der Waals surface area contributed by atoms with Crippen molar-refractivity contribution < 1.29 is 14.3 Å². The van der Waals surface area contributed by atoms with Crippen molar-refractivity contribution in [2.75, 3.05) is 7.11 Å². The molecule has 6 aromatic rings. The highest BCUT2D eigenvalue weighted by Crippen LogP contribution is 2.35. The summed E-state index contributed by atoms with van der Waals surface area (Å²) in [6.07, 6.45) is 0. The molecule has 6 rings (SSSR count). The summed E-state index contributed by atoms with van der Waals surface area (Å²) in [5.74, 6) is 0.178. The largest absolute Gasteiger partial charge is 0.504 e. The molecule has 3 heterocycles. The Labute approximate surface area is 220 Å². The fourth-order valence-electron chi connectivity index (χ4n) is 4.48. The number of fused-ring (bicyclic) bond motifs is 2. The van der Waals surface area contributed by atoms with Gasteiger partial charge in [0.05, 0.1) is 29.4 Å². The number of para-hydroxylation sites is 2. The Morgan fingerprint density at radius 1 is 0.947 bits per heavy atom. The molecule has 0 unspecified atom stereocenters. The number of hydrogen-bond donors (Lipinski definition) is 2. The zero-order chi connectivity index (χ0) is 26.4. The summed E-state index contributed by atoms with van der Waals surface area (Å²) in [5, 5.41) is 11.2. The van der Waals surface area contributed by atoms with Crippen molar-refractivity contribution in [2.24, 2.45) is 0 Å².